The number of benzene rings is 1. The molecule has 2 atom stereocenters. The Balaban J connectivity index is 3.10. The van der Waals surface area contributed by atoms with Gasteiger partial charge in [0.05, 0.1) is 6.10 Å². The van der Waals surface area contributed by atoms with Crippen molar-refractivity contribution in [3.63, 3.8) is 0 Å². The summed E-state index contributed by atoms with van der Waals surface area (Å²) in [6.45, 7) is 1.49. The smallest absolute Gasteiger partial charge is 0.407 e. The van der Waals surface area contributed by atoms with Crippen molar-refractivity contribution in [1.82, 2.24) is 5.32 Å². The average molecular weight is 278 g/mol. The lowest BCUT2D eigenvalue weighted by molar-refractivity contribution is 0.0116. The molecule has 1 aromatic rings. The van der Waals surface area contributed by atoms with E-state index in [2.05, 4.69) is 5.32 Å². The molecule has 1 aromatic carbocycles. The molecule has 0 radical (unpaired) electrons. The van der Waals surface area contributed by atoms with Gasteiger partial charge in [-0.15, -0.1) is 0 Å². The number of carbonyl (C=O) groups excluding carboxylic acids is 1. The fourth-order valence-electron chi connectivity index (χ4n) is 1.36. The van der Waals surface area contributed by atoms with Crippen LogP contribution in [0.3, 0.4) is 0 Å². The number of hydrogen-bond donors (Lipinski definition) is 2. The highest BCUT2D eigenvalue weighted by molar-refractivity contribution is 6.36. The van der Waals surface area contributed by atoms with E-state index >= 15 is 0 Å². The minimum atomic E-state index is -0.926. The van der Waals surface area contributed by atoms with Crippen LogP contribution in [0.15, 0.2) is 18.2 Å². The first-order valence-electron chi connectivity index (χ1n) is 4.97. The van der Waals surface area contributed by atoms with Gasteiger partial charge in [0, 0.05) is 22.7 Å². The van der Waals surface area contributed by atoms with Crippen molar-refractivity contribution in [2.45, 2.75) is 19.1 Å². The molecule has 0 fully saturated rings. The van der Waals surface area contributed by atoms with E-state index in [-0.39, 0.29) is 0 Å². The van der Waals surface area contributed by atoms with Crippen LogP contribution in [-0.2, 0) is 4.74 Å². The number of halogens is 2. The van der Waals surface area contributed by atoms with Crippen molar-refractivity contribution < 1.29 is 14.6 Å². The average Bonchev–Trinajstić information content (AvgIpc) is 2.26. The lowest BCUT2D eigenvalue weighted by Gasteiger charge is -2.22. The van der Waals surface area contributed by atoms with Gasteiger partial charge in [-0.2, -0.15) is 0 Å². The second kappa shape index (κ2) is 6.10. The third-order valence-electron chi connectivity index (χ3n) is 2.16. The molecule has 1 amide bonds. The van der Waals surface area contributed by atoms with Gasteiger partial charge in [0.2, 0.25) is 0 Å². The molecule has 0 unspecified atom stereocenters. The normalized spacial score (nSPS) is 13.9. The van der Waals surface area contributed by atoms with E-state index in [4.69, 9.17) is 27.9 Å². The maximum Gasteiger partial charge on any atom is 0.407 e. The monoisotopic (exact) mass is 277 g/mol. The Labute approximate surface area is 109 Å². The van der Waals surface area contributed by atoms with Gasteiger partial charge in [0.15, 0.2) is 6.10 Å². The van der Waals surface area contributed by atoms with E-state index in [1.54, 1.807) is 18.2 Å². The lowest BCUT2D eigenvalue weighted by Crippen LogP contribution is -2.27. The SMILES string of the molecule is CNC(=O)O[C@@H](c1c(Cl)cccc1Cl)[C@H](C)O. The summed E-state index contributed by atoms with van der Waals surface area (Å²) in [4.78, 5) is 11.2. The van der Waals surface area contributed by atoms with Crippen molar-refractivity contribution in [3.05, 3.63) is 33.8 Å². The topological polar surface area (TPSA) is 58.6 Å². The Kier molecular flexibility index (Phi) is 5.05. The summed E-state index contributed by atoms with van der Waals surface area (Å²) in [5, 5.41) is 12.6. The highest BCUT2D eigenvalue weighted by Gasteiger charge is 2.26. The highest BCUT2D eigenvalue weighted by atomic mass is 35.5. The van der Waals surface area contributed by atoms with Gasteiger partial charge in [0.1, 0.15) is 0 Å². The third kappa shape index (κ3) is 3.49. The quantitative estimate of drug-likeness (QED) is 0.893. The molecule has 1 rings (SSSR count). The second-order valence-electron chi connectivity index (χ2n) is 3.45. The lowest BCUT2D eigenvalue weighted by atomic mass is 10.1. The van der Waals surface area contributed by atoms with Gasteiger partial charge < -0.3 is 15.2 Å². The molecule has 0 aliphatic carbocycles. The summed E-state index contributed by atoms with van der Waals surface area (Å²) in [5.74, 6) is 0. The molecule has 17 heavy (non-hydrogen) atoms. The number of nitrogens with one attached hydrogen (secondary N) is 1. The first-order valence-corrected chi connectivity index (χ1v) is 5.73. The summed E-state index contributed by atoms with van der Waals surface area (Å²) < 4.78 is 5.04. The first kappa shape index (κ1) is 14.1. The Bertz CT molecular complexity index is 389. The van der Waals surface area contributed by atoms with Gasteiger partial charge >= 0.3 is 6.09 Å². The van der Waals surface area contributed by atoms with Crippen LogP contribution in [0, 0.1) is 0 Å². The molecule has 0 aliphatic rings. The van der Waals surface area contributed by atoms with Crippen LogP contribution in [0.4, 0.5) is 4.79 Å². The Hall–Kier alpha value is -0.970. The molecular formula is C11H13Cl2NO3. The number of hydrogen-bond acceptors (Lipinski definition) is 3. The maximum atomic E-state index is 11.2. The number of rotatable bonds is 3. The van der Waals surface area contributed by atoms with E-state index in [0.29, 0.717) is 15.6 Å². The number of aliphatic hydroxyl groups is 1. The predicted octanol–water partition coefficient (Wildman–Crippen LogP) is 2.77. The zero-order chi connectivity index (χ0) is 13.0. The molecule has 0 saturated carbocycles. The van der Waals surface area contributed by atoms with Crippen LogP contribution < -0.4 is 5.32 Å². The van der Waals surface area contributed by atoms with Crippen LogP contribution in [0.2, 0.25) is 10.0 Å². The van der Waals surface area contributed by atoms with Crippen LogP contribution >= 0.6 is 23.2 Å². The summed E-state index contributed by atoms with van der Waals surface area (Å²) in [7, 11) is 1.43. The summed E-state index contributed by atoms with van der Waals surface area (Å²) in [5.41, 5.74) is 0.398. The molecule has 0 heterocycles. The predicted molar refractivity (Wildman–Crippen MR) is 66.4 cm³/mol. The summed E-state index contributed by atoms with van der Waals surface area (Å²) in [6.07, 6.45) is -2.49. The Morgan fingerprint density at radius 3 is 2.35 bits per heavy atom. The standard InChI is InChI=1S/C11H13Cl2NO3/c1-6(15)10(17-11(16)14-2)9-7(12)4-3-5-8(9)13/h3-6,10,15H,1-2H3,(H,14,16)/t6-,10+/m0/s1. The molecule has 0 aliphatic heterocycles. The third-order valence-corrected chi connectivity index (χ3v) is 2.82. The molecule has 6 heteroatoms. The number of amides is 1. The number of aliphatic hydroxyl groups excluding tert-OH is 1. The largest absolute Gasteiger partial charge is 0.438 e. The van der Waals surface area contributed by atoms with Crippen LogP contribution in [-0.4, -0.2) is 24.4 Å². The Morgan fingerprint density at radius 1 is 1.41 bits per heavy atom. The second-order valence-corrected chi connectivity index (χ2v) is 4.27. The van der Waals surface area contributed by atoms with Gasteiger partial charge in [0.25, 0.3) is 0 Å². The van der Waals surface area contributed by atoms with Crippen molar-refractivity contribution in [2.75, 3.05) is 7.05 Å². The molecule has 0 bridgehead atoms. The molecule has 2 N–H and O–H groups in total. The van der Waals surface area contributed by atoms with E-state index in [9.17, 15) is 9.90 Å². The fraction of sp³-hybridized carbons (Fsp3) is 0.364. The zero-order valence-electron chi connectivity index (χ0n) is 9.41. The number of alkyl carbamates (subject to hydrolysis) is 1. The molecule has 0 saturated heterocycles. The molecule has 0 spiro atoms. The maximum absolute atomic E-state index is 11.2. The first-order chi connectivity index (χ1) is 7.97. The van der Waals surface area contributed by atoms with Gasteiger partial charge in [-0.1, -0.05) is 29.3 Å². The van der Waals surface area contributed by atoms with Crippen LogP contribution in [0.5, 0.6) is 0 Å². The minimum Gasteiger partial charge on any atom is -0.438 e. The van der Waals surface area contributed by atoms with Gasteiger partial charge in [-0.05, 0) is 19.1 Å². The van der Waals surface area contributed by atoms with Crippen LogP contribution in [0.1, 0.15) is 18.6 Å². The molecule has 4 nitrogen and oxygen atoms in total. The molecule has 94 valence electrons. The van der Waals surface area contributed by atoms with Crippen LogP contribution in [0.25, 0.3) is 0 Å². The summed E-state index contributed by atoms with van der Waals surface area (Å²) in [6, 6.07) is 4.91. The van der Waals surface area contributed by atoms with Gasteiger partial charge in [-0.3, -0.25) is 0 Å². The van der Waals surface area contributed by atoms with E-state index in [0.717, 1.165) is 0 Å². The van der Waals surface area contributed by atoms with Crippen molar-refractivity contribution >= 4 is 29.3 Å². The van der Waals surface area contributed by atoms with E-state index in [1.807, 2.05) is 0 Å². The van der Waals surface area contributed by atoms with Crippen molar-refractivity contribution in [1.29, 1.82) is 0 Å². The number of ether oxygens (including phenoxy) is 1. The number of carbonyl (C=O) groups is 1. The fourth-order valence-corrected chi connectivity index (χ4v) is 1.97. The van der Waals surface area contributed by atoms with Crippen molar-refractivity contribution in [3.8, 4) is 0 Å². The Morgan fingerprint density at radius 2 is 1.94 bits per heavy atom. The molecule has 0 aromatic heterocycles. The van der Waals surface area contributed by atoms with E-state index < -0.39 is 18.3 Å². The van der Waals surface area contributed by atoms with E-state index in [1.165, 1.54) is 14.0 Å². The summed E-state index contributed by atoms with van der Waals surface area (Å²) >= 11 is 12.0. The van der Waals surface area contributed by atoms with Crippen molar-refractivity contribution in [2.24, 2.45) is 0 Å². The molecular weight excluding hydrogens is 265 g/mol. The van der Waals surface area contributed by atoms with Gasteiger partial charge in [-0.25, -0.2) is 4.79 Å². The zero-order valence-corrected chi connectivity index (χ0v) is 10.9. The minimum absolute atomic E-state index is 0.340. The highest BCUT2D eigenvalue weighted by Crippen LogP contribution is 2.34.